The number of ether oxygens (including phenoxy) is 1. The summed E-state index contributed by atoms with van der Waals surface area (Å²) in [7, 11) is 0. The summed E-state index contributed by atoms with van der Waals surface area (Å²) in [5.41, 5.74) is -0.188. The maximum Gasteiger partial charge on any atom is 0.214 e. The van der Waals surface area contributed by atoms with Crippen LogP contribution < -0.4 is 4.90 Å². The monoisotopic (exact) mass is 210 g/mol. The molecule has 3 nitrogen and oxygen atoms in total. The molecule has 82 valence electrons. The van der Waals surface area contributed by atoms with Gasteiger partial charge in [-0.3, -0.25) is 0 Å². The summed E-state index contributed by atoms with van der Waals surface area (Å²) < 4.78 is 18.5. The van der Waals surface area contributed by atoms with Crippen LogP contribution in [0.3, 0.4) is 0 Å². The van der Waals surface area contributed by atoms with Crippen molar-refractivity contribution in [2.75, 3.05) is 24.6 Å². The van der Waals surface area contributed by atoms with Gasteiger partial charge in [0.2, 0.25) is 5.95 Å². The first-order valence-electron chi connectivity index (χ1n) is 5.08. The predicted molar refractivity (Wildman–Crippen MR) is 56.4 cm³/mol. The van der Waals surface area contributed by atoms with E-state index < -0.39 is 5.95 Å². The minimum Gasteiger partial charge on any atom is -0.372 e. The van der Waals surface area contributed by atoms with E-state index in [2.05, 4.69) is 4.98 Å². The number of rotatable bonds is 1. The fourth-order valence-corrected chi connectivity index (χ4v) is 1.79. The summed E-state index contributed by atoms with van der Waals surface area (Å²) in [6.07, 6.45) is 0. The molecule has 0 radical (unpaired) electrons. The van der Waals surface area contributed by atoms with Crippen LogP contribution in [0.2, 0.25) is 0 Å². The Hall–Kier alpha value is -1.16. The van der Waals surface area contributed by atoms with Crippen molar-refractivity contribution >= 4 is 5.82 Å². The van der Waals surface area contributed by atoms with E-state index >= 15 is 0 Å². The SMILES string of the molecule is CC1(C)CN(c2cccc(F)n2)CCO1. The molecule has 0 N–H and O–H groups in total. The molecule has 1 aliphatic heterocycles. The van der Waals surface area contributed by atoms with Crippen molar-refractivity contribution in [3.63, 3.8) is 0 Å². The third kappa shape index (κ3) is 2.45. The number of aromatic nitrogens is 1. The number of anilines is 1. The summed E-state index contributed by atoms with van der Waals surface area (Å²) in [4.78, 5) is 5.91. The van der Waals surface area contributed by atoms with Gasteiger partial charge in [-0.2, -0.15) is 4.39 Å². The summed E-state index contributed by atoms with van der Waals surface area (Å²) in [6.45, 7) is 6.21. The minimum absolute atomic E-state index is 0.188. The molecule has 0 saturated carbocycles. The Morgan fingerprint density at radius 3 is 2.93 bits per heavy atom. The smallest absolute Gasteiger partial charge is 0.214 e. The Bertz CT molecular complexity index is 354. The van der Waals surface area contributed by atoms with Gasteiger partial charge in [0, 0.05) is 13.1 Å². The Kier molecular flexibility index (Phi) is 2.61. The molecule has 1 saturated heterocycles. The van der Waals surface area contributed by atoms with Gasteiger partial charge in [0.15, 0.2) is 0 Å². The molecule has 2 heterocycles. The fourth-order valence-electron chi connectivity index (χ4n) is 1.79. The highest BCUT2D eigenvalue weighted by Crippen LogP contribution is 2.21. The van der Waals surface area contributed by atoms with E-state index in [1.54, 1.807) is 6.07 Å². The van der Waals surface area contributed by atoms with Gasteiger partial charge >= 0.3 is 0 Å². The van der Waals surface area contributed by atoms with Crippen LogP contribution in [0, 0.1) is 5.95 Å². The van der Waals surface area contributed by atoms with E-state index in [1.807, 2.05) is 24.8 Å². The first kappa shape index (κ1) is 10.4. The molecule has 0 atom stereocenters. The zero-order valence-electron chi connectivity index (χ0n) is 9.03. The third-order valence-corrected chi connectivity index (χ3v) is 2.45. The molecule has 0 amide bonds. The van der Waals surface area contributed by atoms with Gasteiger partial charge in [-0.1, -0.05) is 6.07 Å². The zero-order valence-corrected chi connectivity index (χ0v) is 9.03. The second kappa shape index (κ2) is 3.77. The molecule has 1 fully saturated rings. The lowest BCUT2D eigenvalue weighted by Crippen LogP contribution is -2.48. The lowest BCUT2D eigenvalue weighted by atomic mass is 10.1. The Balaban J connectivity index is 2.17. The maximum absolute atomic E-state index is 12.9. The van der Waals surface area contributed by atoms with Crippen LogP contribution in [0.4, 0.5) is 10.2 Å². The Morgan fingerprint density at radius 2 is 2.27 bits per heavy atom. The molecule has 0 bridgehead atoms. The van der Waals surface area contributed by atoms with Crippen LogP contribution in [0.1, 0.15) is 13.8 Å². The first-order valence-corrected chi connectivity index (χ1v) is 5.08. The minimum atomic E-state index is -0.434. The molecule has 0 aromatic carbocycles. The van der Waals surface area contributed by atoms with Crippen molar-refractivity contribution in [1.29, 1.82) is 0 Å². The zero-order chi connectivity index (χ0) is 10.9. The molecule has 1 aromatic heterocycles. The standard InChI is InChI=1S/C11H15FN2O/c1-11(2)8-14(6-7-15-11)10-5-3-4-9(12)13-10/h3-5H,6-8H2,1-2H3. The molecule has 2 rings (SSSR count). The van der Waals surface area contributed by atoms with Crippen LogP contribution in [0.5, 0.6) is 0 Å². The number of morpholine rings is 1. The van der Waals surface area contributed by atoms with Crippen molar-refractivity contribution in [3.8, 4) is 0 Å². The van der Waals surface area contributed by atoms with Crippen LogP contribution >= 0.6 is 0 Å². The first-order chi connectivity index (χ1) is 7.07. The molecule has 15 heavy (non-hydrogen) atoms. The molecular weight excluding hydrogens is 195 g/mol. The lowest BCUT2D eigenvalue weighted by Gasteiger charge is -2.38. The molecule has 1 aromatic rings. The van der Waals surface area contributed by atoms with Gasteiger partial charge in [-0.05, 0) is 26.0 Å². The number of hydrogen-bond acceptors (Lipinski definition) is 3. The summed E-state index contributed by atoms with van der Waals surface area (Å²) in [6, 6.07) is 4.86. The van der Waals surface area contributed by atoms with E-state index in [9.17, 15) is 4.39 Å². The quantitative estimate of drug-likeness (QED) is 0.661. The normalized spacial score (nSPS) is 20.3. The summed E-state index contributed by atoms with van der Waals surface area (Å²) in [5.74, 6) is 0.253. The summed E-state index contributed by atoms with van der Waals surface area (Å²) in [5, 5.41) is 0. The Morgan fingerprint density at radius 1 is 1.47 bits per heavy atom. The number of pyridine rings is 1. The van der Waals surface area contributed by atoms with Crippen molar-refractivity contribution < 1.29 is 9.13 Å². The van der Waals surface area contributed by atoms with Gasteiger partial charge in [0.25, 0.3) is 0 Å². The third-order valence-electron chi connectivity index (χ3n) is 2.45. The van der Waals surface area contributed by atoms with E-state index in [4.69, 9.17) is 4.74 Å². The number of hydrogen-bond donors (Lipinski definition) is 0. The summed E-state index contributed by atoms with van der Waals surface area (Å²) >= 11 is 0. The second-order valence-electron chi connectivity index (χ2n) is 4.35. The van der Waals surface area contributed by atoms with Gasteiger partial charge in [0.1, 0.15) is 5.82 Å². The van der Waals surface area contributed by atoms with Gasteiger partial charge in [0.05, 0.1) is 12.2 Å². The number of halogens is 1. The largest absolute Gasteiger partial charge is 0.372 e. The fraction of sp³-hybridized carbons (Fsp3) is 0.545. The van der Waals surface area contributed by atoms with Crippen molar-refractivity contribution in [2.45, 2.75) is 19.4 Å². The van der Waals surface area contributed by atoms with Crippen LogP contribution in [0.25, 0.3) is 0 Å². The average Bonchev–Trinajstić information content (AvgIpc) is 2.16. The molecule has 0 spiro atoms. The van der Waals surface area contributed by atoms with Gasteiger partial charge < -0.3 is 9.64 Å². The highest BCUT2D eigenvalue weighted by molar-refractivity contribution is 5.38. The lowest BCUT2D eigenvalue weighted by molar-refractivity contribution is -0.0279. The van der Waals surface area contributed by atoms with Crippen LogP contribution in [-0.2, 0) is 4.74 Å². The van der Waals surface area contributed by atoms with Crippen molar-refractivity contribution in [2.24, 2.45) is 0 Å². The van der Waals surface area contributed by atoms with Crippen molar-refractivity contribution in [1.82, 2.24) is 4.98 Å². The molecular formula is C11H15FN2O. The van der Waals surface area contributed by atoms with Crippen LogP contribution in [0.15, 0.2) is 18.2 Å². The average molecular weight is 210 g/mol. The highest BCUT2D eigenvalue weighted by Gasteiger charge is 2.27. The molecule has 1 aliphatic rings. The molecule has 0 unspecified atom stereocenters. The Labute approximate surface area is 88.9 Å². The highest BCUT2D eigenvalue weighted by atomic mass is 19.1. The molecule has 0 aliphatic carbocycles. The second-order valence-corrected chi connectivity index (χ2v) is 4.35. The van der Waals surface area contributed by atoms with E-state index in [-0.39, 0.29) is 5.60 Å². The van der Waals surface area contributed by atoms with Crippen LogP contribution in [-0.4, -0.2) is 30.3 Å². The van der Waals surface area contributed by atoms with Crippen molar-refractivity contribution in [3.05, 3.63) is 24.1 Å². The van der Waals surface area contributed by atoms with Gasteiger partial charge in [-0.15, -0.1) is 0 Å². The van der Waals surface area contributed by atoms with Gasteiger partial charge in [-0.25, -0.2) is 4.98 Å². The predicted octanol–water partition coefficient (Wildman–Crippen LogP) is 1.84. The number of nitrogens with zero attached hydrogens (tertiary/aromatic N) is 2. The van der Waals surface area contributed by atoms with E-state index in [1.165, 1.54) is 6.07 Å². The maximum atomic E-state index is 12.9. The topological polar surface area (TPSA) is 25.4 Å². The van der Waals surface area contributed by atoms with E-state index in [0.29, 0.717) is 12.4 Å². The van der Waals surface area contributed by atoms with E-state index in [0.717, 1.165) is 13.1 Å². The molecule has 4 heteroatoms.